The molecule has 0 aromatic heterocycles. The van der Waals surface area contributed by atoms with Crippen LogP contribution >= 0.6 is 23.2 Å². The predicted octanol–water partition coefficient (Wildman–Crippen LogP) is 3.78. The molecule has 0 heterocycles. The van der Waals surface area contributed by atoms with Gasteiger partial charge in [-0.3, -0.25) is 20.4 Å². The van der Waals surface area contributed by atoms with E-state index < -0.39 is 11.8 Å². The average Bonchev–Trinajstić information content (AvgIpc) is 2.55. The molecule has 2 aromatic rings. The molecule has 0 saturated carbocycles. The second-order valence-electron chi connectivity index (χ2n) is 5.61. The third-order valence-electron chi connectivity index (χ3n) is 3.17. The smallest absolute Gasteiger partial charge is 0.269 e. The zero-order valence-electron chi connectivity index (χ0n) is 13.8. The zero-order chi connectivity index (χ0) is 18.4. The minimum absolute atomic E-state index is 0.0252. The van der Waals surface area contributed by atoms with Crippen LogP contribution in [-0.2, 0) is 11.2 Å². The summed E-state index contributed by atoms with van der Waals surface area (Å²) in [5, 5.41) is 0.891. The Bertz CT molecular complexity index is 761. The van der Waals surface area contributed by atoms with E-state index in [9.17, 15) is 9.59 Å². The van der Waals surface area contributed by atoms with Crippen LogP contribution in [0, 0.1) is 0 Å². The highest BCUT2D eigenvalue weighted by Crippen LogP contribution is 2.21. The minimum Gasteiger partial charge on any atom is -0.491 e. The lowest BCUT2D eigenvalue weighted by Gasteiger charge is -2.11. The Morgan fingerprint density at radius 2 is 1.72 bits per heavy atom. The fourth-order valence-corrected chi connectivity index (χ4v) is 2.51. The van der Waals surface area contributed by atoms with Crippen LogP contribution in [0.3, 0.4) is 0 Å². The Morgan fingerprint density at radius 3 is 2.32 bits per heavy atom. The molecule has 0 radical (unpaired) electrons. The number of hydrazine groups is 1. The predicted molar refractivity (Wildman–Crippen MR) is 98.0 cm³/mol. The van der Waals surface area contributed by atoms with Crippen molar-refractivity contribution in [2.24, 2.45) is 0 Å². The number of carbonyl (C=O) groups excluding carboxylic acids is 2. The van der Waals surface area contributed by atoms with Crippen LogP contribution in [0.5, 0.6) is 5.75 Å². The highest BCUT2D eigenvalue weighted by atomic mass is 35.5. The SMILES string of the molecule is CC(C)Oc1ccc(C(=O)NNC(=O)Cc2ccc(Cl)cc2Cl)cc1. The first-order valence-corrected chi connectivity index (χ1v) is 8.40. The molecular weight excluding hydrogens is 363 g/mol. The van der Waals surface area contributed by atoms with E-state index in [1.54, 1.807) is 42.5 Å². The molecule has 2 rings (SSSR count). The number of hydrogen-bond donors (Lipinski definition) is 2. The zero-order valence-corrected chi connectivity index (χ0v) is 15.3. The van der Waals surface area contributed by atoms with E-state index in [-0.39, 0.29) is 12.5 Å². The van der Waals surface area contributed by atoms with Crippen molar-refractivity contribution in [1.82, 2.24) is 10.9 Å². The second-order valence-corrected chi connectivity index (χ2v) is 6.45. The Balaban J connectivity index is 1.87. The number of ether oxygens (including phenoxy) is 1. The van der Waals surface area contributed by atoms with Gasteiger partial charge < -0.3 is 4.74 Å². The maximum absolute atomic E-state index is 12.0. The monoisotopic (exact) mass is 380 g/mol. The van der Waals surface area contributed by atoms with Crippen molar-refractivity contribution in [3.8, 4) is 5.75 Å². The molecule has 0 aliphatic rings. The molecule has 2 aromatic carbocycles. The molecule has 0 aliphatic heterocycles. The van der Waals surface area contributed by atoms with Crippen molar-refractivity contribution in [1.29, 1.82) is 0 Å². The molecule has 0 atom stereocenters. The summed E-state index contributed by atoms with van der Waals surface area (Å²) in [5.41, 5.74) is 5.74. The van der Waals surface area contributed by atoms with E-state index in [0.29, 0.717) is 26.9 Å². The van der Waals surface area contributed by atoms with E-state index in [1.165, 1.54) is 0 Å². The molecule has 25 heavy (non-hydrogen) atoms. The van der Waals surface area contributed by atoms with Gasteiger partial charge in [-0.1, -0.05) is 29.3 Å². The number of carbonyl (C=O) groups is 2. The summed E-state index contributed by atoms with van der Waals surface area (Å²) >= 11 is 11.8. The highest BCUT2D eigenvalue weighted by molar-refractivity contribution is 6.35. The van der Waals surface area contributed by atoms with Crippen LogP contribution in [-0.4, -0.2) is 17.9 Å². The molecule has 0 fully saturated rings. The summed E-state index contributed by atoms with van der Waals surface area (Å²) in [6, 6.07) is 11.5. The standard InChI is InChI=1S/C18H18Cl2N2O3/c1-11(2)25-15-7-4-12(5-8-15)18(24)22-21-17(23)9-13-3-6-14(19)10-16(13)20/h3-8,10-11H,9H2,1-2H3,(H,21,23)(H,22,24). The van der Waals surface area contributed by atoms with Gasteiger partial charge >= 0.3 is 0 Å². The fourth-order valence-electron chi connectivity index (χ4n) is 2.04. The van der Waals surface area contributed by atoms with Gasteiger partial charge in [-0.15, -0.1) is 0 Å². The molecule has 132 valence electrons. The third kappa shape index (κ3) is 5.96. The normalized spacial score (nSPS) is 10.4. The number of rotatable bonds is 5. The van der Waals surface area contributed by atoms with Crippen molar-refractivity contribution in [3.05, 3.63) is 63.6 Å². The Kier molecular flexibility index (Phi) is 6.67. The van der Waals surface area contributed by atoms with Crippen molar-refractivity contribution in [2.75, 3.05) is 0 Å². The molecule has 0 spiro atoms. The van der Waals surface area contributed by atoms with Gasteiger partial charge in [-0.2, -0.15) is 0 Å². The van der Waals surface area contributed by atoms with Gasteiger partial charge in [0.15, 0.2) is 0 Å². The second kappa shape index (κ2) is 8.74. The quantitative estimate of drug-likeness (QED) is 0.775. The van der Waals surface area contributed by atoms with Gasteiger partial charge in [0.05, 0.1) is 12.5 Å². The van der Waals surface area contributed by atoms with Crippen LogP contribution in [0.15, 0.2) is 42.5 Å². The minimum atomic E-state index is -0.424. The van der Waals surface area contributed by atoms with Crippen molar-refractivity contribution in [3.63, 3.8) is 0 Å². The van der Waals surface area contributed by atoms with Crippen molar-refractivity contribution in [2.45, 2.75) is 26.4 Å². The lowest BCUT2D eigenvalue weighted by Crippen LogP contribution is -2.42. The number of nitrogens with one attached hydrogen (secondary N) is 2. The Labute approximate surface area is 156 Å². The molecular formula is C18H18Cl2N2O3. The number of benzene rings is 2. The molecule has 0 aliphatic carbocycles. The number of hydrogen-bond acceptors (Lipinski definition) is 3. The molecule has 5 nitrogen and oxygen atoms in total. The summed E-state index contributed by atoms with van der Waals surface area (Å²) in [7, 11) is 0. The van der Waals surface area contributed by atoms with Gasteiger partial charge in [-0.25, -0.2) is 0 Å². The van der Waals surface area contributed by atoms with E-state index >= 15 is 0 Å². The van der Waals surface area contributed by atoms with Crippen LogP contribution < -0.4 is 15.6 Å². The first kappa shape index (κ1) is 19.1. The summed E-state index contributed by atoms with van der Waals surface area (Å²) < 4.78 is 5.51. The topological polar surface area (TPSA) is 67.4 Å². The van der Waals surface area contributed by atoms with Crippen molar-refractivity contribution < 1.29 is 14.3 Å². The largest absolute Gasteiger partial charge is 0.491 e. The average molecular weight is 381 g/mol. The molecule has 0 bridgehead atoms. The third-order valence-corrected chi connectivity index (χ3v) is 3.76. The lowest BCUT2D eigenvalue weighted by atomic mass is 10.1. The molecule has 0 unspecified atom stereocenters. The maximum Gasteiger partial charge on any atom is 0.269 e. The first-order chi connectivity index (χ1) is 11.8. The summed E-state index contributed by atoms with van der Waals surface area (Å²) in [5.74, 6) is -0.142. The molecule has 2 N–H and O–H groups in total. The summed E-state index contributed by atoms with van der Waals surface area (Å²) in [6.07, 6.45) is 0.0796. The van der Waals surface area contributed by atoms with Crippen LogP contribution in [0.25, 0.3) is 0 Å². The van der Waals surface area contributed by atoms with E-state index in [2.05, 4.69) is 10.9 Å². The van der Waals surface area contributed by atoms with Gasteiger partial charge in [0.2, 0.25) is 5.91 Å². The van der Waals surface area contributed by atoms with E-state index in [1.807, 2.05) is 13.8 Å². The van der Waals surface area contributed by atoms with Gasteiger partial charge in [0.1, 0.15) is 5.75 Å². The number of halogens is 2. The van der Waals surface area contributed by atoms with Gasteiger partial charge in [0.25, 0.3) is 5.91 Å². The van der Waals surface area contributed by atoms with Gasteiger partial charge in [-0.05, 0) is 55.8 Å². The molecule has 7 heteroatoms. The van der Waals surface area contributed by atoms with E-state index in [4.69, 9.17) is 27.9 Å². The molecule has 2 amide bonds. The van der Waals surface area contributed by atoms with Crippen LogP contribution in [0.4, 0.5) is 0 Å². The summed E-state index contributed by atoms with van der Waals surface area (Å²) in [4.78, 5) is 24.0. The maximum atomic E-state index is 12.0. The lowest BCUT2D eigenvalue weighted by molar-refractivity contribution is -0.121. The molecule has 0 saturated heterocycles. The Hall–Kier alpha value is -2.24. The fraction of sp³-hybridized carbons (Fsp3) is 0.222. The van der Waals surface area contributed by atoms with Gasteiger partial charge in [0, 0.05) is 15.6 Å². The van der Waals surface area contributed by atoms with E-state index in [0.717, 1.165) is 0 Å². The highest BCUT2D eigenvalue weighted by Gasteiger charge is 2.10. The Morgan fingerprint density at radius 1 is 1.04 bits per heavy atom. The summed E-state index contributed by atoms with van der Waals surface area (Å²) in [6.45, 7) is 3.84. The van der Waals surface area contributed by atoms with Crippen LogP contribution in [0.1, 0.15) is 29.8 Å². The van der Waals surface area contributed by atoms with Crippen molar-refractivity contribution >= 4 is 35.0 Å². The van der Waals surface area contributed by atoms with Crippen LogP contribution in [0.2, 0.25) is 10.0 Å². The first-order valence-electron chi connectivity index (χ1n) is 7.65. The number of amides is 2.